The molecule has 1 amide bonds. The van der Waals surface area contributed by atoms with Crippen LogP contribution in [-0.4, -0.2) is 51.0 Å². The number of rotatable bonds is 8. The summed E-state index contributed by atoms with van der Waals surface area (Å²) in [5, 5.41) is 1.14. The fourth-order valence-electron chi connectivity index (χ4n) is 3.02. The van der Waals surface area contributed by atoms with Crippen LogP contribution < -0.4 is 9.47 Å². The summed E-state index contributed by atoms with van der Waals surface area (Å²) in [6.45, 7) is -0.0822. The predicted octanol–water partition coefficient (Wildman–Crippen LogP) is 2.23. The van der Waals surface area contributed by atoms with Crippen molar-refractivity contribution in [1.29, 1.82) is 0 Å². The second-order valence-electron chi connectivity index (χ2n) is 6.54. The van der Waals surface area contributed by atoms with E-state index >= 15 is 0 Å². The summed E-state index contributed by atoms with van der Waals surface area (Å²) in [5.41, 5.74) is 1.13. The van der Waals surface area contributed by atoms with Crippen LogP contribution in [0.25, 0.3) is 0 Å². The molecule has 0 aliphatic carbocycles. The molecule has 8 heteroatoms. The number of benzene rings is 2. The minimum Gasteiger partial charge on any atom is -0.497 e. The molecule has 1 heterocycles. The zero-order chi connectivity index (χ0) is 20.9. The Hall–Kier alpha value is -3.13. The predicted molar refractivity (Wildman–Crippen MR) is 108 cm³/mol. The maximum absolute atomic E-state index is 12.9. The Balaban J connectivity index is 1.76. The second kappa shape index (κ2) is 8.91. The lowest BCUT2D eigenvalue weighted by Gasteiger charge is -2.27. The van der Waals surface area contributed by atoms with Crippen LogP contribution in [0.3, 0.4) is 0 Å². The van der Waals surface area contributed by atoms with Crippen molar-refractivity contribution in [3.8, 4) is 11.5 Å². The first kappa shape index (κ1) is 20.6. The van der Waals surface area contributed by atoms with Gasteiger partial charge in [-0.25, -0.2) is 8.42 Å². The van der Waals surface area contributed by atoms with Crippen LogP contribution in [0.4, 0.5) is 0 Å². The minimum absolute atomic E-state index is 0.159. The molecule has 2 aromatic rings. The van der Waals surface area contributed by atoms with E-state index in [0.717, 1.165) is 11.0 Å². The van der Waals surface area contributed by atoms with Crippen molar-refractivity contribution in [3.05, 3.63) is 71.1 Å². The van der Waals surface area contributed by atoms with Crippen LogP contribution in [0.5, 0.6) is 11.5 Å². The van der Waals surface area contributed by atoms with E-state index in [4.69, 9.17) is 9.47 Å². The molecule has 3 rings (SSSR count). The molecule has 0 spiro atoms. The van der Waals surface area contributed by atoms with Crippen molar-refractivity contribution >= 4 is 22.0 Å². The molecule has 0 aromatic heterocycles. The van der Waals surface area contributed by atoms with E-state index in [-0.39, 0.29) is 36.1 Å². The average molecular weight is 415 g/mol. The molecule has 7 nitrogen and oxygen atoms in total. The number of aldehydes is 1. The molecule has 0 N–H and O–H groups in total. The number of methoxy groups -OCH3 is 1. The number of sulfone groups is 1. The standard InChI is InChI=1S/C21H21NO6S/c1-27-19-7-8-20(17(11-19)13-23)28-14-21(24)22(12-16-5-3-2-4-6-16)18-9-10-29(25,26)15-18/h2-11,13,18H,12,14-15H2,1H3/t18-/m1/s1. The maximum atomic E-state index is 12.9. The lowest BCUT2D eigenvalue weighted by atomic mass is 10.1. The molecule has 152 valence electrons. The van der Waals surface area contributed by atoms with Gasteiger partial charge in [0.15, 0.2) is 22.7 Å². The highest BCUT2D eigenvalue weighted by atomic mass is 32.2. The van der Waals surface area contributed by atoms with E-state index in [1.807, 2.05) is 30.3 Å². The van der Waals surface area contributed by atoms with Gasteiger partial charge in [-0.15, -0.1) is 0 Å². The molecule has 1 aliphatic heterocycles. The Morgan fingerprint density at radius 1 is 1.21 bits per heavy atom. The van der Waals surface area contributed by atoms with Crippen LogP contribution >= 0.6 is 0 Å². The SMILES string of the molecule is COc1ccc(OCC(=O)N(Cc2ccccc2)[C@@H]2C=CS(=O)(=O)C2)c(C=O)c1. The highest BCUT2D eigenvalue weighted by Crippen LogP contribution is 2.23. The first-order chi connectivity index (χ1) is 13.9. The smallest absolute Gasteiger partial charge is 0.261 e. The lowest BCUT2D eigenvalue weighted by Crippen LogP contribution is -2.42. The summed E-state index contributed by atoms with van der Waals surface area (Å²) < 4.78 is 34.3. The summed E-state index contributed by atoms with van der Waals surface area (Å²) >= 11 is 0. The third-order valence-electron chi connectivity index (χ3n) is 4.52. The van der Waals surface area contributed by atoms with E-state index in [1.54, 1.807) is 12.1 Å². The number of amides is 1. The van der Waals surface area contributed by atoms with Gasteiger partial charge in [0, 0.05) is 12.0 Å². The number of hydrogen-bond acceptors (Lipinski definition) is 6. The van der Waals surface area contributed by atoms with Crippen molar-refractivity contribution < 1.29 is 27.5 Å². The van der Waals surface area contributed by atoms with E-state index < -0.39 is 15.9 Å². The molecule has 29 heavy (non-hydrogen) atoms. The Bertz CT molecular complexity index is 1020. The van der Waals surface area contributed by atoms with Gasteiger partial charge in [-0.3, -0.25) is 9.59 Å². The third kappa shape index (κ3) is 5.23. The van der Waals surface area contributed by atoms with Gasteiger partial charge in [-0.2, -0.15) is 0 Å². The van der Waals surface area contributed by atoms with Gasteiger partial charge >= 0.3 is 0 Å². The summed E-state index contributed by atoms with van der Waals surface area (Å²) in [6.07, 6.45) is 2.14. The van der Waals surface area contributed by atoms with Crippen LogP contribution in [0.2, 0.25) is 0 Å². The number of carbonyl (C=O) groups is 2. The van der Waals surface area contributed by atoms with Crippen LogP contribution in [0.1, 0.15) is 15.9 Å². The second-order valence-corrected chi connectivity index (χ2v) is 8.47. The Morgan fingerprint density at radius 3 is 2.59 bits per heavy atom. The molecule has 0 unspecified atom stereocenters. The largest absolute Gasteiger partial charge is 0.497 e. The summed E-state index contributed by atoms with van der Waals surface area (Å²) in [7, 11) is -1.84. The molecule has 0 bridgehead atoms. The quantitative estimate of drug-likeness (QED) is 0.614. The fourth-order valence-corrected chi connectivity index (χ4v) is 4.32. The first-order valence-electron chi connectivity index (χ1n) is 8.92. The number of nitrogens with zero attached hydrogens (tertiary/aromatic N) is 1. The molecule has 0 saturated carbocycles. The molecule has 1 atom stereocenters. The van der Waals surface area contributed by atoms with Gasteiger partial charge in [-0.1, -0.05) is 30.3 Å². The van der Waals surface area contributed by atoms with E-state index in [9.17, 15) is 18.0 Å². The van der Waals surface area contributed by atoms with Gasteiger partial charge in [0.1, 0.15) is 11.5 Å². The third-order valence-corrected chi connectivity index (χ3v) is 5.90. The van der Waals surface area contributed by atoms with Gasteiger partial charge < -0.3 is 14.4 Å². The van der Waals surface area contributed by atoms with Crippen molar-refractivity contribution in [2.75, 3.05) is 19.5 Å². The van der Waals surface area contributed by atoms with Gasteiger partial charge in [-0.05, 0) is 29.8 Å². The van der Waals surface area contributed by atoms with Crippen LogP contribution in [-0.2, 0) is 21.2 Å². The van der Waals surface area contributed by atoms with Gasteiger partial charge in [0.05, 0.1) is 24.5 Å². The molecular formula is C21H21NO6S. The summed E-state index contributed by atoms with van der Waals surface area (Å²) in [4.78, 5) is 25.7. The summed E-state index contributed by atoms with van der Waals surface area (Å²) in [5.74, 6) is 0.211. The first-order valence-corrected chi connectivity index (χ1v) is 10.6. The highest BCUT2D eigenvalue weighted by Gasteiger charge is 2.30. The highest BCUT2D eigenvalue weighted by molar-refractivity contribution is 7.94. The van der Waals surface area contributed by atoms with E-state index in [2.05, 4.69) is 0 Å². The van der Waals surface area contributed by atoms with E-state index in [1.165, 1.54) is 24.2 Å². The topological polar surface area (TPSA) is 90.0 Å². The normalized spacial score (nSPS) is 16.9. The number of ether oxygens (including phenoxy) is 2. The van der Waals surface area contributed by atoms with Crippen molar-refractivity contribution in [2.24, 2.45) is 0 Å². The van der Waals surface area contributed by atoms with Crippen LogP contribution in [0, 0.1) is 0 Å². The maximum Gasteiger partial charge on any atom is 0.261 e. The van der Waals surface area contributed by atoms with Crippen LogP contribution in [0.15, 0.2) is 60.0 Å². The lowest BCUT2D eigenvalue weighted by molar-refractivity contribution is -0.135. The van der Waals surface area contributed by atoms with Crippen molar-refractivity contribution in [1.82, 2.24) is 4.90 Å². The fraction of sp³-hybridized carbons (Fsp3) is 0.238. The zero-order valence-corrected chi connectivity index (χ0v) is 16.7. The number of carbonyl (C=O) groups excluding carboxylic acids is 2. The van der Waals surface area contributed by atoms with Gasteiger partial charge in [0.25, 0.3) is 5.91 Å². The molecule has 1 aliphatic rings. The Labute approximate surface area is 169 Å². The van der Waals surface area contributed by atoms with Crippen molar-refractivity contribution in [3.63, 3.8) is 0 Å². The Morgan fingerprint density at radius 2 is 1.97 bits per heavy atom. The number of hydrogen-bond donors (Lipinski definition) is 0. The minimum atomic E-state index is -3.33. The van der Waals surface area contributed by atoms with Crippen molar-refractivity contribution in [2.45, 2.75) is 12.6 Å². The molecule has 0 fully saturated rings. The average Bonchev–Trinajstić information content (AvgIpc) is 3.10. The van der Waals surface area contributed by atoms with E-state index in [0.29, 0.717) is 12.0 Å². The van der Waals surface area contributed by atoms with Gasteiger partial charge in [0.2, 0.25) is 0 Å². The molecular weight excluding hydrogens is 394 g/mol. The Kier molecular flexibility index (Phi) is 6.33. The zero-order valence-electron chi connectivity index (χ0n) is 15.9. The molecule has 2 aromatic carbocycles. The molecule has 0 radical (unpaired) electrons. The monoisotopic (exact) mass is 415 g/mol. The summed E-state index contributed by atoms with van der Waals surface area (Å²) in [6, 6.07) is 13.4. The molecule has 0 saturated heterocycles.